The van der Waals surface area contributed by atoms with E-state index in [9.17, 15) is 9.59 Å². The molecule has 1 atom stereocenters. The summed E-state index contributed by atoms with van der Waals surface area (Å²) in [5.74, 6) is 1.34. The third-order valence-electron chi connectivity index (χ3n) is 4.35. The van der Waals surface area contributed by atoms with E-state index >= 15 is 0 Å². The predicted octanol–water partition coefficient (Wildman–Crippen LogP) is 0.167. The lowest BCUT2D eigenvalue weighted by atomic mass is 10.1. The zero-order valence-corrected chi connectivity index (χ0v) is 13.6. The van der Waals surface area contributed by atoms with Crippen LogP contribution in [0.3, 0.4) is 0 Å². The van der Waals surface area contributed by atoms with E-state index in [2.05, 4.69) is 28.7 Å². The van der Waals surface area contributed by atoms with Crippen LogP contribution in [0.5, 0.6) is 0 Å². The summed E-state index contributed by atoms with van der Waals surface area (Å²) in [6, 6.07) is 0.226. The quantitative estimate of drug-likeness (QED) is 0.877. The molecule has 7 heteroatoms. The van der Waals surface area contributed by atoms with Crippen LogP contribution in [-0.4, -0.2) is 31.8 Å². The van der Waals surface area contributed by atoms with Crippen LogP contribution in [0.25, 0.3) is 11.2 Å². The average Bonchev–Trinajstić information content (AvgIpc) is 3.09. The van der Waals surface area contributed by atoms with Gasteiger partial charge >= 0.3 is 5.69 Å². The Morgan fingerprint density at radius 3 is 2.59 bits per heavy atom. The Morgan fingerprint density at radius 2 is 2.00 bits per heavy atom. The molecule has 1 N–H and O–H groups in total. The van der Waals surface area contributed by atoms with Crippen LogP contribution in [0.4, 0.5) is 0 Å². The Hall–Kier alpha value is -1.89. The second-order valence-corrected chi connectivity index (χ2v) is 6.52. The molecule has 22 heavy (non-hydrogen) atoms. The fourth-order valence-electron chi connectivity index (χ4n) is 3.22. The maximum absolute atomic E-state index is 12.6. The summed E-state index contributed by atoms with van der Waals surface area (Å²) in [6.45, 7) is 6.04. The molecule has 1 saturated heterocycles. The van der Waals surface area contributed by atoms with Crippen molar-refractivity contribution in [1.29, 1.82) is 0 Å². The Bertz CT molecular complexity index is 821. The summed E-state index contributed by atoms with van der Waals surface area (Å²) >= 11 is 0. The van der Waals surface area contributed by atoms with E-state index in [1.165, 1.54) is 16.2 Å². The highest BCUT2D eigenvalue weighted by molar-refractivity contribution is 5.71. The van der Waals surface area contributed by atoms with Crippen molar-refractivity contribution < 1.29 is 0 Å². The van der Waals surface area contributed by atoms with Gasteiger partial charge in [-0.25, -0.2) is 9.78 Å². The molecule has 0 aromatic carbocycles. The molecule has 1 aliphatic heterocycles. The fourth-order valence-corrected chi connectivity index (χ4v) is 3.22. The highest BCUT2D eigenvalue weighted by Gasteiger charge is 2.26. The van der Waals surface area contributed by atoms with Crippen LogP contribution in [0.1, 0.15) is 32.1 Å². The number of fused-ring (bicyclic) bond motifs is 1. The van der Waals surface area contributed by atoms with Crippen LogP contribution in [0.2, 0.25) is 0 Å². The molecule has 3 heterocycles. The molecule has 0 amide bonds. The van der Waals surface area contributed by atoms with Crippen molar-refractivity contribution in [2.75, 3.05) is 13.1 Å². The number of imidazole rings is 1. The van der Waals surface area contributed by atoms with Crippen molar-refractivity contribution in [3.63, 3.8) is 0 Å². The van der Waals surface area contributed by atoms with Crippen LogP contribution >= 0.6 is 0 Å². The molecular weight excluding hydrogens is 282 g/mol. The molecule has 2 aromatic rings. The summed E-state index contributed by atoms with van der Waals surface area (Å²) in [6.07, 6.45) is 1.77. The smallest absolute Gasteiger partial charge is 0.318 e. The summed E-state index contributed by atoms with van der Waals surface area (Å²) < 4.78 is 4.71. The molecule has 120 valence electrons. The first-order chi connectivity index (χ1) is 10.4. The lowest BCUT2D eigenvalue weighted by Crippen LogP contribution is -2.38. The van der Waals surface area contributed by atoms with Crippen molar-refractivity contribution in [3.8, 4) is 0 Å². The SMILES string of the molecule is CC(C)Cc1nc2c(c(=O)n(C)c(=O)n2C)n1C1CCNC1. The summed E-state index contributed by atoms with van der Waals surface area (Å²) in [5, 5.41) is 3.34. The van der Waals surface area contributed by atoms with Gasteiger partial charge in [-0.05, 0) is 18.9 Å². The number of hydrogen-bond acceptors (Lipinski definition) is 4. The van der Waals surface area contributed by atoms with Gasteiger partial charge in [0.15, 0.2) is 11.2 Å². The van der Waals surface area contributed by atoms with E-state index in [1.54, 1.807) is 7.05 Å². The van der Waals surface area contributed by atoms with Crippen molar-refractivity contribution >= 4 is 11.2 Å². The molecule has 7 nitrogen and oxygen atoms in total. The topological polar surface area (TPSA) is 73.8 Å². The molecule has 1 unspecified atom stereocenters. The van der Waals surface area contributed by atoms with E-state index < -0.39 is 0 Å². The van der Waals surface area contributed by atoms with Crippen LogP contribution < -0.4 is 16.6 Å². The van der Waals surface area contributed by atoms with Crippen LogP contribution in [0, 0.1) is 5.92 Å². The van der Waals surface area contributed by atoms with E-state index in [0.717, 1.165) is 31.8 Å². The maximum Gasteiger partial charge on any atom is 0.332 e. The molecule has 0 spiro atoms. The zero-order chi connectivity index (χ0) is 16.0. The molecule has 0 saturated carbocycles. The van der Waals surface area contributed by atoms with Gasteiger partial charge in [0.1, 0.15) is 5.82 Å². The summed E-state index contributed by atoms with van der Waals surface area (Å²) in [4.78, 5) is 29.4. The Labute approximate surface area is 128 Å². The highest BCUT2D eigenvalue weighted by atomic mass is 16.2. The first-order valence-corrected chi connectivity index (χ1v) is 7.79. The summed E-state index contributed by atoms with van der Waals surface area (Å²) in [7, 11) is 3.20. The minimum atomic E-state index is -0.331. The average molecular weight is 305 g/mol. The van der Waals surface area contributed by atoms with Gasteiger partial charge < -0.3 is 9.88 Å². The van der Waals surface area contributed by atoms with Crippen molar-refractivity contribution in [2.24, 2.45) is 20.0 Å². The third-order valence-corrected chi connectivity index (χ3v) is 4.35. The largest absolute Gasteiger partial charge is 0.332 e. The van der Waals surface area contributed by atoms with Crippen molar-refractivity contribution in [2.45, 2.75) is 32.7 Å². The monoisotopic (exact) mass is 305 g/mol. The van der Waals surface area contributed by atoms with E-state index in [-0.39, 0.29) is 17.3 Å². The minimum Gasteiger partial charge on any atom is -0.318 e. The maximum atomic E-state index is 12.6. The van der Waals surface area contributed by atoms with Gasteiger partial charge in [0.25, 0.3) is 5.56 Å². The van der Waals surface area contributed by atoms with Gasteiger partial charge in [-0.3, -0.25) is 13.9 Å². The van der Waals surface area contributed by atoms with Crippen molar-refractivity contribution in [1.82, 2.24) is 24.0 Å². The normalized spacial score (nSPS) is 18.7. The Kier molecular flexibility index (Phi) is 3.68. The minimum absolute atomic E-state index is 0.226. The fraction of sp³-hybridized carbons (Fsp3) is 0.667. The molecule has 0 radical (unpaired) electrons. The molecule has 0 bridgehead atoms. The van der Waals surface area contributed by atoms with Crippen molar-refractivity contribution in [3.05, 3.63) is 26.7 Å². The number of hydrogen-bond donors (Lipinski definition) is 1. The number of aromatic nitrogens is 4. The van der Waals surface area contributed by atoms with Crippen LogP contribution in [-0.2, 0) is 20.5 Å². The molecule has 1 aliphatic rings. The molecule has 0 aliphatic carbocycles. The number of rotatable bonds is 3. The second-order valence-electron chi connectivity index (χ2n) is 6.52. The standard InChI is InChI=1S/C15H23N5O2/c1-9(2)7-11-17-13-12(20(11)10-5-6-16-8-10)14(21)19(4)15(22)18(13)3/h9-10,16H,5-8H2,1-4H3. The lowest BCUT2D eigenvalue weighted by Gasteiger charge is -2.16. The first-order valence-electron chi connectivity index (χ1n) is 7.79. The molecular formula is C15H23N5O2. The Morgan fingerprint density at radius 1 is 1.27 bits per heavy atom. The predicted molar refractivity (Wildman–Crippen MR) is 85.3 cm³/mol. The van der Waals surface area contributed by atoms with Gasteiger partial charge in [-0.2, -0.15) is 0 Å². The second kappa shape index (κ2) is 5.39. The molecule has 1 fully saturated rings. The van der Waals surface area contributed by atoms with E-state index in [4.69, 9.17) is 0 Å². The number of nitrogens with one attached hydrogen (secondary N) is 1. The van der Waals surface area contributed by atoms with E-state index in [0.29, 0.717) is 17.1 Å². The summed E-state index contributed by atoms with van der Waals surface area (Å²) in [5.41, 5.74) is 0.458. The van der Waals surface area contributed by atoms with Gasteiger partial charge in [0, 0.05) is 33.1 Å². The lowest BCUT2D eigenvalue weighted by molar-refractivity contribution is 0.508. The number of nitrogens with zero attached hydrogens (tertiary/aromatic N) is 4. The first kappa shape index (κ1) is 15.0. The van der Waals surface area contributed by atoms with Gasteiger partial charge in [-0.1, -0.05) is 13.8 Å². The number of aryl methyl sites for hydroxylation is 1. The van der Waals surface area contributed by atoms with Gasteiger partial charge in [0.2, 0.25) is 0 Å². The molecule has 2 aromatic heterocycles. The molecule has 3 rings (SSSR count). The van der Waals surface area contributed by atoms with Gasteiger partial charge in [-0.15, -0.1) is 0 Å². The van der Waals surface area contributed by atoms with E-state index in [1.807, 2.05) is 0 Å². The van der Waals surface area contributed by atoms with Crippen LogP contribution in [0.15, 0.2) is 9.59 Å². The zero-order valence-electron chi connectivity index (χ0n) is 13.6. The third kappa shape index (κ3) is 2.20. The Balaban J connectivity index is 2.37. The highest BCUT2D eigenvalue weighted by Crippen LogP contribution is 2.24. The van der Waals surface area contributed by atoms with Gasteiger partial charge in [0.05, 0.1) is 0 Å².